The van der Waals surface area contributed by atoms with Crippen molar-refractivity contribution in [3.63, 3.8) is 0 Å². The van der Waals surface area contributed by atoms with E-state index in [-0.39, 0.29) is 24.7 Å². The summed E-state index contributed by atoms with van der Waals surface area (Å²) in [6.07, 6.45) is 1.13. The van der Waals surface area contributed by atoms with E-state index in [0.717, 1.165) is 43.3 Å². The molecule has 0 unspecified atom stereocenters. The molecule has 0 aliphatic carbocycles. The molecular weight excluding hydrogens is 326 g/mol. The number of carbonyl (C=O) groups excluding carboxylic acids is 1. The molecule has 0 aromatic carbocycles. The highest BCUT2D eigenvalue weighted by molar-refractivity contribution is 7.09. The van der Waals surface area contributed by atoms with E-state index in [1.165, 1.54) is 0 Å². The van der Waals surface area contributed by atoms with Crippen molar-refractivity contribution in [2.24, 2.45) is 5.92 Å². The number of thiazole rings is 1. The van der Waals surface area contributed by atoms with Crippen LogP contribution in [-0.4, -0.2) is 72.8 Å². The van der Waals surface area contributed by atoms with Gasteiger partial charge >= 0.3 is 0 Å². The molecule has 0 saturated carbocycles. The molecule has 2 aliphatic rings. The third-order valence-electron chi connectivity index (χ3n) is 5.05. The van der Waals surface area contributed by atoms with E-state index in [1.807, 2.05) is 18.7 Å². The molecule has 1 aromatic rings. The van der Waals surface area contributed by atoms with E-state index in [9.17, 15) is 4.79 Å². The van der Waals surface area contributed by atoms with Gasteiger partial charge in [0.2, 0.25) is 5.91 Å². The minimum atomic E-state index is 0.104. The molecule has 24 heavy (non-hydrogen) atoms. The predicted octanol–water partition coefficient (Wildman–Crippen LogP) is 1.54. The molecule has 2 fully saturated rings. The Labute approximate surface area is 147 Å². The Morgan fingerprint density at radius 2 is 2.29 bits per heavy atom. The first kappa shape index (κ1) is 17.8. The third kappa shape index (κ3) is 3.79. The summed E-state index contributed by atoms with van der Waals surface area (Å²) in [4.78, 5) is 21.5. The largest absolute Gasteiger partial charge is 0.381 e. The Morgan fingerprint density at radius 3 is 2.96 bits per heavy atom. The number of methoxy groups -OCH3 is 1. The molecule has 0 N–H and O–H groups in total. The van der Waals surface area contributed by atoms with Crippen LogP contribution in [0.2, 0.25) is 0 Å². The van der Waals surface area contributed by atoms with Crippen LogP contribution in [0.25, 0.3) is 0 Å². The van der Waals surface area contributed by atoms with Crippen LogP contribution < -0.4 is 0 Å². The molecule has 0 radical (unpaired) electrons. The second-order valence-corrected chi connectivity index (χ2v) is 7.63. The van der Waals surface area contributed by atoms with Gasteiger partial charge in [0.15, 0.2) is 0 Å². The van der Waals surface area contributed by atoms with Gasteiger partial charge in [0.1, 0.15) is 6.61 Å². The van der Waals surface area contributed by atoms with Gasteiger partial charge in [-0.05, 0) is 20.3 Å². The first-order valence-corrected chi connectivity index (χ1v) is 9.53. The van der Waals surface area contributed by atoms with Crippen molar-refractivity contribution in [2.75, 3.05) is 40.0 Å². The highest BCUT2D eigenvalue weighted by atomic mass is 32.1. The third-order valence-corrected chi connectivity index (χ3v) is 5.87. The normalized spacial score (nSPS) is 27.5. The van der Waals surface area contributed by atoms with Gasteiger partial charge in [-0.15, -0.1) is 11.3 Å². The molecule has 1 aromatic heterocycles. The lowest BCUT2D eigenvalue weighted by Crippen LogP contribution is -2.54. The number of hydrogen-bond acceptors (Lipinski definition) is 6. The van der Waals surface area contributed by atoms with Crippen LogP contribution in [0.4, 0.5) is 0 Å². The maximum atomic E-state index is 12.5. The zero-order valence-corrected chi connectivity index (χ0v) is 15.6. The zero-order chi connectivity index (χ0) is 17.1. The van der Waals surface area contributed by atoms with Gasteiger partial charge < -0.3 is 14.4 Å². The number of nitrogens with zero attached hydrogens (tertiary/aromatic N) is 3. The lowest BCUT2D eigenvalue weighted by atomic mass is 9.89. The first-order valence-electron chi connectivity index (χ1n) is 8.65. The van der Waals surface area contributed by atoms with E-state index >= 15 is 0 Å². The SMILES string of the molecule is CCOCC(=O)N1CC[C@H](OC)[C@H]2CN(Cc3csc(C)n3)C[C@H]21. The van der Waals surface area contributed by atoms with Crippen molar-refractivity contribution in [1.82, 2.24) is 14.8 Å². The van der Waals surface area contributed by atoms with Crippen molar-refractivity contribution >= 4 is 17.2 Å². The molecule has 1 amide bonds. The number of hydrogen-bond donors (Lipinski definition) is 0. The van der Waals surface area contributed by atoms with Crippen LogP contribution >= 0.6 is 11.3 Å². The fraction of sp³-hybridized carbons (Fsp3) is 0.765. The molecule has 3 atom stereocenters. The van der Waals surface area contributed by atoms with Crippen molar-refractivity contribution < 1.29 is 14.3 Å². The van der Waals surface area contributed by atoms with Gasteiger partial charge in [-0.1, -0.05) is 0 Å². The van der Waals surface area contributed by atoms with E-state index in [0.29, 0.717) is 12.5 Å². The highest BCUT2D eigenvalue weighted by Crippen LogP contribution is 2.33. The molecule has 0 bridgehead atoms. The van der Waals surface area contributed by atoms with Crippen molar-refractivity contribution in [3.8, 4) is 0 Å². The number of aryl methyl sites for hydroxylation is 1. The number of likely N-dealkylation sites (tertiary alicyclic amines) is 2. The van der Waals surface area contributed by atoms with Gasteiger partial charge in [0, 0.05) is 51.2 Å². The zero-order valence-electron chi connectivity index (χ0n) is 14.7. The summed E-state index contributed by atoms with van der Waals surface area (Å²) in [5, 5.41) is 3.23. The second kappa shape index (κ2) is 7.91. The lowest BCUT2D eigenvalue weighted by molar-refractivity contribution is -0.143. The molecule has 3 rings (SSSR count). The van der Waals surface area contributed by atoms with Crippen molar-refractivity contribution in [3.05, 3.63) is 16.1 Å². The van der Waals surface area contributed by atoms with Gasteiger partial charge in [-0.2, -0.15) is 0 Å². The maximum absolute atomic E-state index is 12.5. The van der Waals surface area contributed by atoms with Crippen LogP contribution in [0.5, 0.6) is 0 Å². The molecule has 7 heteroatoms. The van der Waals surface area contributed by atoms with Gasteiger partial charge in [0.25, 0.3) is 0 Å². The topological polar surface area (TPSA) is 54.9 Å². The summed E-state index contributed by atoms with van der Waals surface area (Å²) >= 11 is 1.69. The number of piperidine rings is 1. The highest BCUT2D eigenvalue weighted by Gasteiger charge is 2.45. The Bertz CT molecular complexity index is 565. The summed E-state index contributed by atoms with van der Waals surface area (Å²) in [5.74, 6) is 0.474. The van der Waals surface area contributed by atoms with E-state index in [1.54, 1.807) is 18.4 Å². The molecule has 2 saturated heterocycles. The van der Waals surface area contributed by atoms with Gasteiger partial charge in [0.05, 0.1) is 22.8 Å². The molecule has 134 valence electrons. The van der Waals surface area contributed by atoms with Crippen LogP contribution in [0, 0.1) is 12.8 Å². The van der Waals surface area contributed by atoms with Gasteiger partial charge in [-0.25, -0.2) is 4.98 Å². The van der Waals surface area contributed by atoms with Crippen LogP contribution in [0.15, 0.2) is 5.38 Å². The molecule has 0 spiro atoms. The average molecular weight is 353 g/mol. The second-order valence-electron chi connectivity index (χ2n) is 6.57. The van der Waals surface area contributed by atoms with Crippen LogP contribution in [-0.2, 0) is 20.8 Å². The lowest BCUT2D eigenvalue weighted by Gasteiger charge is -2.41. The molecule has 3 heterocycles. The standard InChI is InChI=1S/C17H27N3O3S/c1-4-23-10-17(21)20-6-5-16(22-3)14-8-19(9-15(14)20)7-13-11-24-12(2)18-13/h11,14-16H,4-10H2,1-3H3/t14-,15+,16-/m0/s1. The van der Waals surface area contributed by atoms with Gasteiger partial charge in [-0.3, -0.25) is 9.69 Å². The van der Waals surface area contributed by atoms with Crippen molar-refractivity contribution in [2.45, 2.75) is 39.0 Å². The van der Waals surface area contributed by atoms with E-state index < -0.39 is 0 Å². The average Bonchev–Trinajstić information content (AvgIpc) is 3.17. The smallest absolute Gasteiger partial charge is 0.248 e. The summed E-state index contributed by atoms with van der Waals surface area (Å²) in [6, 6.07) is 0.219. The minimum Gasteiger partial charge on any atom is -0.381 e. The number of fused-ring (bicyclic) bond motifs is 1. The summed E-state index contributed by atoms with van der Waals surface area (Å²) in [7, 11) is 1.78. The number of carbonyl (C=O) groups is 1. The Morgan fingerprint density at radius 1 is 1.46 bits per heavy atom. The van der Waals surface area contributed by atoms with E-state index in [4.69, 9.17) is 9.47 Å². The molecule has 2 aliphatic heterocycles. The summed E-state index contributed by atoms with van der Waals surface area (Å²) in [5.41, 5.74) is 1.12. The minimum absolute atomic E-state index is 0.104. The predicted molar refractivity (Wildman–Crippen MR) is 93.0 cm³/mol. The molecule has 6 nitrogen and oxygen atoms in total. The van der Waals surface area contributed by atoms with Crippen LogP contribution in [0.3, 0.4) is 0 Å². The number of ether oxygens (including phenoxy) is 2. The summed E-state index contributed by atoms with van der Waals surface area (Å²) in [6.45, 7) is 8.16. The van der Waals surface area contributed by atoms with Crippen molar-refractivity contribution in [1.29, 1.82) is 0 Å². The summed E-state index contributed by atoms with van der Waals surface area (Å²) < 4.78 is 11.0. The monoisotopic (exact) mass is 353 g/mol. The quantitative estimate of drug-likeness (QED) is 0.776. The molecular formula is C17H27N3O3S. The number of aromatic nitrogens is 1. The first-order chi connectivity index (χ1) is 11.6. The number of amides is 1. The Balaban J connectivity index is 1.68. The Kier molecular flexibility index (Phi) is 5.86. The maximum Gasteiger partial charge on any atom is 0.248 e. The van der Waals surface area contributed by atoms with E-state index in [2.05, 4.69) is 15.3 Å². The fourth-order valence-electron chi connectivity index (χ4n) is 3.95. The Hall–Kier alpha value is -1.02. The number of rotatable bonds is 6. The fourth-order valence-corrected chi connectivity index (χ4v) is 4.55. The van der Waals surface area contributed by atoms with Crippen LogP contribution in [0.1, 0.15) is 24.0 Å².